The number of hydrogen-bond donors (Lipinski definition) is 2. The lowest BCUT2D eigenvalue weighted by molar-refractivity contribution is -0.119. The number of ether oxygens (including phenoxy) is 1. The van der Waals surface area contributed by atoms with E-state index < -0.39 is 18.5 Å². The largest absolute Gasteiger partial charge is 0.452 e. The third-order valence-electron chi connectivity index (χ3n) is 3.34. The summed E-state index contributed by atoms with van der Waals surface area (Å²) >= 11 is 5.82. The van der Waals surface area contributed by atoms with Crippen LogP contribution in [0.3, 0.4) is 0 Å². The van der Waals surface area contributed by atoms with Gasteiger partial charge in [-0.25, -0.2) is 4.79 Å². The van der Waals surface area contributed by atoms with Gasteiger partial charge in [0.05, 0.1) is 22.6 Å². The Morgan fingerprint density at radius 2 is 2.09 bits per heavy atom. The molecule has 0 atom stereocenters. The summed E-state index contributed by atoms with van der Waals surface area (Å²) in [5.74, 6) is -1.17. The molecule has 7 nitrogen and oxygen atoms in total. The van der Waals surface area contributed by atoms with Crippen molar-refractivity contribution in [2.45, 2.75) is 13.8 Å². The van der Waals surface area contributed by atoms with Gasteiger partial charge in [-0.15, -0.1) is 0 Å². The molecule has 122 valence electrons. The Hall–Kier alpha value is -2.54. The van der Waals surface area contributed by atoms with Crippen molar-refractivity contribution in [2.24, 2.45) is 7.05 Å². The number of rotatable bonds is 4. The van der Waals surface area contributed by atoms with Crippen molar-refractivity contribution in [3.05, 3.63) is 40.2 Å². The van der Waals surface area contributed by atoms with Crippen LogP contribution in [-0.2, 0) is 16.6 Å². The summed E-state index contributed by atoms with van der Waals surface area (Å²) in [5, 5.41) is 7.22. The van der Waals surface area contributed by atoms with Gasteiger partial charge in [0.1, 0.15) is 0 Å². The molecule has 0 aliphatic heterocycles. The summed E-state index contributed by atoms with van der Waals surface area (Å²) < 4.78 is 6.62. The van der Waals surface area contributed by atoms with E-state index in [4.69, 9.17) is 22.1 Å². The van der Waals surface area contributed by atoms with Gasteiger partial charge in [-0.3, -0.25) is 9.48 Å². The Balaban J connectivity index is 1.99. The molecule has 23 heavy (non-hydrogen) atoms. The van der Waals surface area contributed by atoms with Gasteiger partial charge in [0.2, 0.25) is 0 Å². The van der Waals surface area contributed by atoms with E-state index in [-0.39, 0.29) is 11.3 Å². The van der Waals surface area contributed by atoms with E-state index in [0.717, 1.165) is 5.69 Å². The fourth-order valence-electron chi connectivity index (χ4n) is 2.04. The average molecular weight is 337 g/mol. The minimum Gasteiger partial charge on any atom is -0.452 e. The summed E-state index contributed by atoms with van der Waals surface area (Å²) in [7, 11) is 1.78. The van der Waals surface area contributed by atoms with E-state index >= 15 is 0 Å². The third-order valence-corrected chi connectivity index (χ3v) is 3.58. The third kappa shape index (κ3) is 3.81. The van der Waals surface area contributed by atoms with Crippen LogP contribution in [0.4, 0.5) is 11.4 Å². The smallest absolute Gasteiger partial charge is 0.340 e. The predicted molar refractivity (Wildman–Crippen MR) is 87.5 cm³/mol. The quantitative estimate of drug-likeness (QED) is 0.657. The van der Waals surface area contributed by atoms with Gasteiger partial charge >= 0.3 is 5.97 Å². The highest BCUT2D eigenvalue weighted by atomic mass is 35.5. The first-order chi connectivity index (χ1) is 10.8. The van der Waals surface area contributed by atoms with Crippen molar-refractivity contribution in [1.82, 2.24) is 9.78 Å². The zero-order valence-electron chi connectivity index (χ0n) is 13.0. The molecule has 0 aliphatic rings. The molecule has 0 saturated carbocycles. The van der Waals surface area contributed by atoms with E-state index in [9.17, 15) is 9.59 Å². The first kappa shape index (κ1) is 16.8. The maximum Gasteiger partial charge on any atom is 0.340 e. The van der Waals surface area contributed by atoms with E-state index in [2.05, 4.69) is 10.4 Å². The molecule has 0 aliphatic carbocycles. The zero-order chi connectivity index (χ0) is 17.1. The SMILES string of the molecule is Cc1nn(C)c(C)c1NC(=O)COC(=O)c1cc(Cl)ccc1N. The molecule has 0 bridgehead atoms. The van der Waals surface area contributed by atoms with Crippen molar-refractivity contribution < 1.29 is 14.3 Å². The van der Waals surface area contributed by atoms with Gasteiger partial charge in [-0.05, 0) is 32.0 Å². The number of nitrogens with two attached hydrogens (primary N) is 1. The van der Waals surface area contributed by atoms with Gasteiger partial charge in [-0.1, -0.05) is 11.6 Å². The molecular formula is C15H17ClN4O3. The molecule has 0 saturated heterocycles. The predicted octanol–water partition coefficient (Wildman–Crippen LogP) is 2.07. The molecule has 3 N–H and O–H groups in total. The van der Waals surface area contributed by atoms with E-state index in [1.165, 1.54) is 12.1 Å². The number of carbonyl (C=O) groups is 2. The van der Waals surface area contributed by atoms with Gasteiger partial charge < -0.3 is 15.8 Å². The Kier molecular flexibility index (Phi) is 4.90. The minimum atomic E-state index is -0.709. The number of halogens is 1. The zero-order valence-corrected chi connectivity index (χ0v) is 13.8. The molecule has 1 amide bonds. The Morgan fingerprint density at radius 3 is 2.70 bits per heavy atom. The first-order valence-corrected chi connectivity index (χ1v) is 7.19. The van der Waals surface area contributed by atoms with Crippen LogP contribution in [0.1, 0.15) is 21.7 Å². The summed E-state index contributed by atoms with van der Waals surface area (Å²) in [6.07, 6.45) is 0. The normalized spacial score (nSPS) is 10.4. The van der Waals surface area contributed by atoms with Crippen LogP contribution in [-0.4, -0.2) is 28.3 Å². The molecule has 2 rings (SSSR count). The summed E-state index contributed by atoms with van der Waals surface area (Å²) in [6, 6.07) is 4.46. The number of aryl methyl sites for hydroxylation is 2. The molecule has 2 aromatic rings. The van der Waals surface area contributed by atoms with Gasteiger partial charge in [0.15, 0.2) is 6.61 Å². The molecule has 0 spiro atoms. The first-order valence-electron chi connectivity index (χ1n) is 6.81. The van der Waals surface area contributed by atoms with Gasteiger partial charge in [0, 0.05) is 17.8 Å². The number of nitrogens with zero attached hydrogens (tertiary/aromatic N) is 2. The standard InChI is InChI=1S/C15H17ClN4O3/c1-8-14(9(2)20(3)19-8)18-13(21)7-23-15(22)11-6-10(16)4-5-12(11)17/h4-6H,7,17H2,1-3H3,(H,18,21). The molecule has 8 heteroatoms. The van der Waals surface area contributed by atoms with E-state index in [1.54, 1.807) is 24.7 Å². The van der Waals surface area contributed by atoms with Crippen LogP contribution in [0.2, 0.25) is 5.02 Å². The van der Waals surface area contributed by atoms with Crippen LogP contribution in [0.25, 0.3) is 0 Å². The summed E-state index contributed by atoms with van der Waals surface area (Å²) in [4.78, 5) is 23.9. The maximum atomic E-state index is 12.0. The Labute approximate surface area is 138 Å². The second-order valence-electron chi connectivity index (χ2n) is 5.03. The lowest BCUT2D eigenvalue weighted by atomic mass is 10.2. The molecule has 1 aromatic carbocycles. The number of benzene rings is 1. The molecule has 1 aromatic heterocycles. The number of anilines is 2. The maximum absolute atomic E-state index is 12.0. The fourth-order valence-corrected chi connectivity index (χ4v) is 2.22. The highest BCUT2D eigenvalue weighted by molar-refractivity contribution is 6.31. The molecule has 0 radical (unpaired) electrons. The lowest BCUT2D eigenvalue weighted by Crippen LogP contribution is -2.22. The number of carbonyl (C=O) groups excluding carboxylic acids is 2. The average Bonchev–Trinajstić information content (AvgIpc) is 2.73. The Morgan fingerprint density at radius 1 is 1.39 bits per heavy atom. The van der Waals surface area contributed by atoms with Crippen molar-refractivity contribution in [2.75, 3.05) is 17.7 Å². The summed E-state index contributed by atoms with van der Waals surface area (Å²) in [6.45, 7) is 3.17. The van der Waals surface area contributed by atoms with Crippen molar-refractivity contribution >= 4 is 34.9 Å². The van der Waals surface area contributed by atoms with E-state index in [1.807, 2.05) is 6.92 Å². The topological polar surface area (TPSA) is 99.2 Å². The molecular weight excluding hydrogens is 320 g/mol. The van der Waals surface area contributed by atoms with Gasteiger partial charge in [0.25, 0.3) is 5.91 Å². The van der Waals surface area contributed by atoms with Crippen LogP contribution < -0.4 is 11.1 Å². The number of amides is 1. The number of nitrogens with one attached hydrogen (secondary N) is 1. The lowest BCUT2D eigenvalue weighted by Gasteiger charge is -2.08. The highest BCUT2D eigenvalue weighted by Gasteiger charge is 2.16. The van der Waals surface area contributed by atoms with Crippen molar-refractivity contribution in [3.63, 3.8) is 0 Å². The number of aromatic nitrogens is 2. The number of hydrogen-bond acceptors (Lipinski definition) is 5. The summed E-state index contributed by atoms with van der Waals surface area (Å²) in [5.41, 5.74) is 8.15. The number of esters is 1. The van der Waals surface area contributed by atoms with E-state index in [0.29, 0.717) is 16.4 Å². The van der Waals surface area contributed by atoms with Crippen LogP contribution in [0.15, 0.2) is 18.2 Å². The molecule has 0 fully saturated rings. The molecule has 1 heterocycles. The van der Waals surface area contributed by atoms with Crippen LogP contribution in [0, 0.1) is 13.8 Å². The van der Waals surface area contributed by atoms with Crippen molar-refractivity contribution in [3.8, 4) is 0 Å². The number of nitrogen functional groups attached to an aromatic ring is 1. The Bertz CT molecular complexity index is 770. The van der Waals surface area contributed by atoms with Gasteiger partial charge in [-0.2, -0.15) is 5.10 Å². The second-order valence-corrected chi connectivity index (χ2v) is 5.46. The monoisotopic (exact) mass is 336 g/mol. The minimum absolute atomic E-state index is 0.124. The second kappa shape index (κ2) is 6.70. The fraction of sp³-hybridized carbons (Fsp3) is 0.267. The van der Waals surface area contributed by atoms with Crippen LogP contribution in [0.5, 0.6) is 0 Å². The van der Waals surface area contributed by atoms with Crippen LogP contribution >= 0.6 is 11.6 Å². The van der Waals surface area contributed by atoms with Crippen molar-refractivity contribution in [1.29, 1.82) is 0 Å². The molecule has 0 unspecified atom stereocenters. The highest BCUT2D eigenvalue weighted by Crippen LogP contribution is 2.20.